The normalized spacial score (nSPS) is 33.6. The first kappa shape index (κ1) is 8.51. The monoisotopic (exact) mass is 189 g/mol. The Balaban J connectivity index is 2.09. The van der Waals surface area contributed by atoms with Gasteiger partial charge in [0.1, 0.15) is 9.84 Å². The van der Waals surface area contributed by atoms with Gasteiger partial charge in [0, 0.05) is 11.8 Å². The molecule has 1 spiro atoms. The van der Waals surface area contributed by atoms with E-state index < -0.39 is 9.84 Å². The van der Waals surface area contributed by atoms with Crippen LogP contribution in [0.4, 0.5) is 0 Å². The molecule has 0 amide bonds. The van der Waals surface area contributed by atoms with E-state index >= 15 is 0 Å². The van der Waals surface area contributed by atoms with Crippen molar-refractivity contribution in [2.45, 2.75) is 36.5 Å². The van der Waals surface area contributed by atoms with Crippen molar-refractivity contribution in [1.29, 1.82) is 0 Å². The molecule has 12 heavy (non-hydrogen) atoms. The lowest BCUT2D eigenvalue weighted by atomic mass is 10.0. The molecule has 1 unspecified atom stereocenters. The number of nitrogens with one attached hydrogen (secondary N) is 1. The molecule has 0 aromatic carbocycles. The smallest absolute Gasteiger partial charge is 0.150 e. The van der Waals surface area contributed by atoms with E-state index in [4.69, 9.17) is 0 Å². The van der Waals surface area contributed by atoms with Crippen molar-refractivity contribution >= 4 is 9.84 Å². The molecule has 1 saturated carbocycles. The zero-order chi connectivity index (χ0) is 8.82. The molecule has 0 aromatic rings. The molecule has 0 aromatic heterocycles. The van der Waals surface area contributed by atoms with Gasteiger partial charge >= 0.3 is 0 Å². The third-order valence-electron chi connectivity index (χ3n) is 3.04. The van der Waals surface area contributed by atoms with E-state index in [9.17, 15) is 8.42 Å². The van der Waals surface area contributed by atoms with E-state index in [1.807, 2.05) is 0 Å². The molecule has 0 bridgehead atoms. The molecule has 1 atom stereocenters. The van der Waals surface area contributed by atoms with E-state index in [1.54, 1.807) is 0 Å². The second-order valence-corrected chi connectivity index (χ2v) is 6.48. The zero-order valence-electron chi connectivity index (χ0n) is 7.34. The number of hydrogen-bond donors (Lipinski definition) is 1. The van der Waals surface area contributed by atoms with Crippen LogP contribution < -0.4 is 5.32 Å². The van der Waals surface area contributed by atoms with E-state index in [2.05, 4.69) is 5.32 Å². The van der Waals surface area contributed by atoms with Crippen molar-refractivity contribution in [2.24, 2.45) is 0 Å². The minimum absolute atomic E-state index is 0.0822. The molecule has 1 saturated heterocycles. The van der Waals surface area contributed by atoms with Crippen LogP contribution in [0.15, 0.2) is 0 Å². The second-order valence-electron chi connectivity index (χ2n) is 4.15. The average molecular weight is 189 g/mol. The summed E-state index contributed by atoms with van der Waals surface area (Å²) in [7, 11) is -2.80. The lowest BCUT2D eigenvalue weighted by Crippen LogP contribution is -2.44. The van der Waals surface area contributed by atoms with Gasteiger partial charge in [0.05, 0.1) is 5.25 Å². The van der Waals surface area contributed by atoms with Crippen LogP contribution in [0.5, 0.6) is 0 Å². The predicted octanol–water partition coefficient (Wildman–Crippen LogP) is 0.316. The molecule has 2 fully saturated rings. The van der Waals surface area contributed by atoms with Crippen molar-refractivity contribution in [2.75, 3.05) is 12.8 Å². The molecule has 3 nitrogen and oxygen atoms in total. The Morgan fingerprint density at radius 1 is 1.42 bits per heavy atom. The van der Waals surface area contributed by atoms with Crippen LogP contribution in [-0.2, 0) is 9.84 Å². The Labute approximate surface area is 73.5 Å². The highest BCUT2D eigenvalue weighted by molar-refractivity contribution is 7.91. The van der Waals surface area contributed by atoms with Crippen molar-refractivity contribution < 1.29 is 8.42 Å². The van der Waals surface area contributed by atoms with Crippen molar-refractivity contribution in [1.82, 2.24) is 5.32 Å². The number of piperidine rings is 1. The summed E-state index contributed by atoms with van der Waals surface area (Å²) in [6.45, 7) is 0.873. The Morgan fingerprint density at radius 3 is 2.58 bits per heavy atom. The summed E-state index contributed by atoms with van der Waals surface area (Å²) < 4.78 is 22.5. The van der Waals surface area contributed by atoms with Crippen LogP contribution >= 0.6 is 0 Å². The van der Waals surface area contributed by atoms with E-state index in [0.717, 1.165) is 19.4 Å². The number of sulfone groups is 1. The Kier molecular flexibility index (Phi) is 1.74. The molecular formula is C8H15NO2S. The lowest BCUT2D eigenvalue weighted by molar-refractivity contribution is 0.382. The highest BCUT2D eigenvalue weighted by Gasteiger charge is 2.47. The number of hydrogen-bond acceptors (Lipinski definition) is 3. The highest BCUT2D eigenvalue weighted by atomic mass is 32.2. The summed E-state index contributed by atoms with van der Waals surface area (Å²) in [5.41, 5.74) is 0.228. The minimum atomic E-state index is -2.80. The van der Waals surface area contributed by atoms with Gasteiger partial charge in [0.15, 0.2) is 0 Å². The van der Waals surface area contributed by atoms with Crippen molar-refractivity contribution in [3.8, 4) is 0 Å². The maximum atomic E-state index is 11.3. The van der Waals surface area contributed by atoms with E-state index in [1.165, 1.54) is 19.1 Å². The van der Waals surface area contributed by atoms with Crippen molar-refractivity contribution in [3.63, 3.8) is 0 Å². The van der Waals surface area contributed by atoms with Gasteiger partial charge in [-0.15, -0.1) is 0 Å². The predicted molar refractivity (Wildman–Crippen MR) is 47.8 cm³/mol. The summed E-state index contributed by atoms with van der Waals surface area (Å²) in [6.07, 6.45) is 5.32. The van der Waals surface area contributed by atoms with Crippen LogP contribution in [0, 0.1) is 0 Å². The van der Waals surface area contributed by atoms with E-state index in [-0.39, 0.29) is 10.8 Å². The first-order valence-electron chi connectivity index (χ1n) is 4.46. The molecule has 2 aliphatic rings. The van der Waals surface area contributed by atoms with Gasteiger partial charge in [0.2, 0.25) is 0 Å². The fraction of sp³-hybridized carbons (Fsp3) is 1.00. The summed E-state index contributed by atoms with van der Waals surface area (Å²) in [6, 6.07) is 0. The Bertz CT molecular complexity index is 279. The molecular weight excluding hydrogens is 174 g/mol. The molecule has 1 aliphatic carbocycles. The van der Waals surface area contributed by atoms with Gasteiger partial charge in [-0.05, 0) is 32.2 Å². The summed E-state index contributed by atoms with van der Waals surface area (Å²) in [5.74, 6) is 0. The maximum absolute atomic E-state index is 11.3. The average Bonchev–Trinajstić information content (AvgIpc) is 2.68. The standard InChI is InChI=1S/C8H15NO2S/c1-12(10,11)7-2-5-9-8(6-7)3-4-8/h7,9H,2-6H2,1H3. The molecule has 1 heterocycles. The lowest BCUT2D eigenvalue weighted by Gasteiger charge is -2.29. The quantitative estimate of drug-likeness (QED) is 0.646. The summed E-state index contributed by atoms with van der Waals surface area (Å²) >= 11 is 0. The maximum Gasteiger partial charge on any atom is 0.150 e. The van der Waals surface area contributed by atoms with Crippen LogP contribution in [0.1, 0.15) is 25.7 Å². The molecule has 2 rings (SSSR count). The topological polar surface area (TPSA) is 46.2 Å². The molecule has 1 N–H and O–H groups in total. The first-order valence-corrected chi connectivity index (χ1v) is 6.41. The van der Waals surface area contributed by atoms with Crippen LogP contribution in [0.3, 0.4) is 0 Å². The minimum Gasteiger partial charge on any atom is -0.311 e. The van der Waals surface area contributed by atoms with Gasteiger partial charge < -0.3 is 5.32 Å². The van der Waals surface area contributed by atoms with Crippen LogP contribution in [0.2, 0.25) is 0 Å². The van der Waals surface area contributed by atoms with Crippen molar-refractivity contribution in [3.05, 3.63) is 0 Å². The van der Waals surface area contributed by atoms with Gasteiger partial charge in [-0.2, -0.15) is 0 Å². The fourth-order valence-corrected chi connectivity index (χ4v) is 3.17. The largest absolute Gasteiger partial charge is 0.311 e. The fourth-order valence-electron chi connectivity index (χ4n) is 2.01. The Hall–Kier alpha value is -0.0900. The van der Waals surface area contributed by atoms with Gasteiger partial charge in [-0.1, -0.05) is 0 Å². The molecule has 70 valence electrons. The molecule has 4 heteroatoms. The highest BCUT2D eigenvalue weighted by Crippen LogP contribution is 2.43. The van der Waals surface area contributed by atoms with E-state index in [0.29, 0.717) is 0 Å². The first-order chi connectivity index (χ1) is 5.52. The van der Waals surface area contributed by atoms with Crippen LogP contribution in [-0.4, -0.2) is 32.0 Å². The SMILES string of the molecule is CS(=O)(=O)C1CCNC2(CC2)C1. The van der Waals surface area contributed by atoms with Gasteiger partial charge in [0.25, 0.3) is 0 Å². The molecule has 0 radical (unpaired) electrons. The Morgan fingerprint density at radius 2 is 2.08 bits per heavy atom. The molecule has 1 aliphatic heterocycles. The third kappa shape index (κ3) is 1.50. The summed E-state index contributed by atoms with van der Waals surface area (Å²) in [5, 5.41) is 3.32. The second kappa shape index (κ2) is 2.45. The zero-order valence-corrected chi connectivity index (χ0v) is 8.15. The van der Waals surface area contributed by atoms with Gasteiger partial charge in [-0.25, -0.2) is 8.42 Å². The number of rotatable bonds is 1. The summed E-state index contributed by atoms with van der Waals surface area (Å²) in [4.78, 5) is 0. The third-order valence-corrected chi connectivity index (χ3v) is 4.66. The van der Waals surface area contributed by atoms with Crippen LogP contribution in [0.25, 0.3) is 0 Å². The van der Waals surface area contributed by atoms with Gasteiger partial charge in [-0.3, -0.25) is 0 Å².